The van der Waals surface area contributed by atoms with Crippen molar-refractivity contribution in [2.24, 2.45) is 0 Å². The quantitative estimate of drug-likeness (QED) is 0.522. The van der Waals surface area contributed by atoms with Crippen molar-refractivity contribution in [3.05, 3.63) is 83.8 Å². The molecular formula is C21H18F2N2OS. The van der Waals surface area contributed by atoms with Gasteiger partial charge in [0.05, 0.1) is 5.69 Å². The largest absolute Gasteiger partial charge is 0.284 e. The van der Waals surface area contributed by atoms with E-state index < -0.39 is 11.6 Å². The number of benzene rings is 2. The van der Waals surface area contributed by atoms with Crippen LogP contribution in [-0.2, 0) is 11.2 Å². The third-order valence-corrected chi connectivity index (χ3v) is 4.88. The standard InChI is InChI=1S/C21H18F2N2OS/c1-2-12-25(20(26)11-9-15-8-10-17(22)18(23)13-15)21-24-19(14-27-21)16-6-4-3-5-7-16/h2-8,10,13-14H,1,9,11-12H2. The van der Waals surface area contributed by atoms with Crippen LogP contribution in [0.4, 0.5) is 13.9 Å². The summed E-state index contributed by atoms with van der Waals surface area (Å²) < 4.78 is 26.3. The average molecular weight is 384 g/mol. The third-order valence-electron chi connectivity index (χ3n) is 4.02. The lowest BCUT2D eigenvalue weighted by molar-refractivity contribution is -0.118. The van der Waals surface area contributed by atoms with Crippen LogP contribution in [-0.4, -0.2) is 17.4 Å². The number of carbonyl (C=O) groups excluding carboxylic acids is 1. The molecule has 0 fully saturated rings. The number of nitrogens with zero attached hydrogens (tertiary/aromatic N) is 2. The van der Waals surface area contributed by atoms with Gasteiger partial charge in [-0.3, -0.25) is 9.69 Å². The Morgan fingerprint density at radius 2 is 1.93 bits per heavy atom. The lowest BCUT2D eigenvalue weighted by atomic mass is 10.1. The molecule has 0 unspecified atom stereocenters. The molecule has 0 spiro atoms. The van der Waals surface area contributed by atoms with Crippen LogP contribution in [0, 0.1) is 11.6 Å². The smallest absolute Gasteiger partial charge is 0.229 e. The Labute approximate surface area is 160 Å². The maximum Gasteiger partial charge on any atom is 0.229 e. The van der Waals surface area contributed by atoms with Crippen molar-refractivity contribution in [3.8, 4) is 11.3 Å². The normalized spacial score (nSPS) is 10.6. The van der Waals surface area contributed by atoms with Crippen molar-refractivity contribution in [2.75, 3.05) is 11.4 Å². The van der Waals surface area contributed by atoms with Crippen LogP contribution >= 0.6 is 11.3 Å². The molecule has 0 aliphatic rings. The molecule has 1 amide bonds. The number of aromatic nitrogens is 1. The predicted octanol–water partition coefficient (Wildman–Crippen LogP) is 5.24. The molecule has 1 heterocycles. The van der Waals surface area contributed by atoms with Gasteiger partial charge in [-0.1, -0.05) is 42.5 Å². The highest BCUT2D eigenvalue weighted by Crippen LogP contribution is 2.28. The number of hydrogen-bond acceptors (Lipinski definition) is 3. The minimum atomic E-state index is -0.907. The minimum absolute atomic E-state index is 0.145. The average Bonchev–Trinajstić information content (AvgIpc) is 3.17. The molecule has 0 bridgehead atoms. The molecule has 0 N–H and O–H groups in total. The van der Waals surface area contributed by atoms with Gasteiger partial charge in [0.1, 0.15) is 0 Å². The summed E-state index contributed by atoms with van der Waals surface area (Å²) in [5.41, 5.74) is 2.36. The number of anilines is 1. The van der Waals surface area contributed by atoms with Gasteiger partial charge in [0.25, 0.3) is 0 Å². The van der Waals surface area contributed by atoms with Gasteiger partial charge in [-0.15, -0.1) is 17.9 Å². The van der Waals surface area contributed by atoms with E-state index in [0.29, 0.717) is 23.7 Å². The van der Waals surface area contributed by atoms with Gasteiger partial charge in [-0.2, -0.15) is 0 Å². The van der Waals surface area contributed by atoms with E-state index in [1.807, 2.05) is 35.7 Å². The number of rotatable bonds is 7. The number of hydrogen-bond donors (Lipinski definition) is 0. The minimum Gasteiger partial charge on any atom is -0.284 e. The summed E-state index contributed by atoms with van der Waals surface area (Å²) in [6, 6.07) is 13.4. The first-order valence-electron chi connectivity index (χ1n) is 8.44. The monoisotopic (exact) mass is 384 g/mol. The summed E-state index contributed by atoms with van der Waals surface area (Å²) in [5.74, 6) is -1.95. The summed E-state index contributed by atoms with van der Waals surface area (Å²) in [4.78, 5) is 18.8. The van der Waals surface area contributed by atoms with Crippen molar-refractivity contribution in [1.29, 1.82) is 0 Å². The summed E-state index contributed by atoms with van der Waals surface area (Å²) >= 11 is 1.38. The van der Waals surface area contributed by atoms with E-state index in [4.69, 9.17) is 0 Å². The highest BCUT2D eigenvalue weighted by Gasteiger charge is 2.18. The Balaban J connectivity index is 1.72. The number of thiazole rings is 1. The molecule has 0 saturated heterocycles. The van der Waals surface area contributed by atoms with Crippen LogP contribution in [0.25, 0.3) is 11.3 Å². The summed E-state index contributed by atoms with van der Waals surface area (Å²) in [6.07, 6.45) is 2.12. The topological polar surface area (TPSA) is 33.2 Å². The van der Waals surface area contributed by atoms with E-state index in [-0.39, 0.29) is 12.3 Å². The Hall–Kier alpha value is -2.86. The molecule has 3 rings (SSSR count). The molecule has 27 heavy (non-hydrogen) atoms. The van der Waals surface area contributed by atoms with E-state index >= 15 is 0 Å². The SMILES string of the molecule is C=CCN(C(=O)CCc1ccc(F)c(F)c1)c1nc(-c2ccccc2)cs1. The van der Waals surface area contributed by atoms with Crippen molar-refractivity contribution in [3.63, 3.8) is 0 Å². The molecule has 0 saturated carbocycles. The van der Waals surface area contributed by atoms with Gasteiger partial charge in [0.2, 0.25) is 5.91 Å². The molecule has 138 valence electrons. The van der Waals surface area contributed by atoms with E-state index in [0.717, 1.165) is 23.4 Å². The van der Waals surface area contributed by atoms with Gasteiger partial charge in [0.15, 0.2) is 16.8 Å². The van der Waals surface area contributed by atoms with E-state index in [9.17, 15) is 13.6 Å². The Morgan fingerprint density at radius 3 is 2.63 bits per heavy atom. The molecule has 0 aliphatic carbocycles. The first-order chi connectivity index (χ1) is 13.1. The maximum atomic E-state index is 13.3. The zero-order chi connectivity index (χ0) is 19.2. The fraction of sp³-hybridized carbons (Fsp3) is 0.143. The fourth-order valence-electron chi connectivity index (χ4n) is 2.63. The molecule has 0 radical (unpaired) electrons. The van der Waals surface area contributed by atoms with Gasteiger partial charge in [-0.25, -0.2) is 13.8 Å². The van der Waals surface area contributed by atoms with Crippen LogP contribution in [0.3, 0.4) is 0 Å². The number of aryl methyl sites for hydroxylation is 1. The first-order valence-corrected chi connectivity index (χ1v) is 9.32. The number of halogens is 2. The lowest BCUT2D eigenvalue weighted by Gasteiger charge is -2.18. The van der Waals surface area contributed by atoms with E-state index in [2.05, 4.69) is 11.6 Å². The molecule has 1 aromatic heterocycles. The zero-order valence-electron chi connectivity index (χ0n) is 14.6. The molecule has 0 aliphatic heterocycles. The fourth-order valence-corrected chi connectivity index (χ4v) is 3.49. The molecule has 6 heteroatoms. The molecule has 3 nitrogen and oxygen atoms in total. The number of amides is 1. The molecular weight excluding hydrogens is 366 g/mol. The van der Waals surface area contributed by atoms with Crippen LogP contribution in [0.1, 0.15) is 12.0 Å². The van der Waals surface area contributed by atoms with Crippen LogP contribution in [0.15, 0.2) is 66.6 Å². The predicted molar refractivity (Wildman–Crippen MR) is 105 cm³/mol. The Kier molecular flexibility index (Phi) is 6.08. The maximum absolute atomic E-state index is 13.3. The zero-order valence-corrected chi connectivity index (χ0v) is 15.4. The summed E-state index contributed by atoms with van der Waals surface area (Å²) in [7, 11) is 0. The van der Waals surface area contributed by atoms with Gasteiger partial charge >= 0.3 is 0 Å². The highest BCUT2D eigenvalue weighted by atomic mass is 32.1. The second-order valence-electron chi connectivity index (χ2n) is 5.92. The van der Waals surface area contributed by atoms with Gasteiger partial charge < -0.3 is 0 Å². The third kappa shape index (κ3) is 4.65. The summed E-state index contributed by atoms with van der Waals surface area (Å²) in [6.45, 7) is 4.04. The second kappa shape index (κ2) is 8.68. The summed E-state index contributed by atoms with van der Waals surface area (Å²) in [5, 5.41) is 2.49. The van der Waals surface area contributed by atoms with E-state index in [1.54, 1.807) is 11.0 Å². The lowest BCUT2D eigenvalue weighted by Crippen LogP contribution is -2.31. The Bertz CT molecular complexity index is 940. The van der Waals surface area contributed by atoms with Crippen molar-refractivity contribution in [2.45, 2.75) is 12.8 Å². The van der Waals surface area contributed by atoms with Crippen LogP contribution in [0.5, 0.6) is 0 Å². The number of carbonyl (C=O) groups is 1. The van der Waals surface area contributed by atoms with Crippen molar-refractivity contribution < 1.29 is 13.6 Å². The van der Waals surface area contributed by atoms with E-state index in [1.165, 1.54) is 17.4 Å². The first kappa shape index (κ1) is 18.9. The van der Waals surface area contributed by atoms with Crippen molar-refractivity contribution in [1.82, 2.24) is 4.98 Å². The molecule has 0 atom stereocenters. The molecule has 3 aromatic rings. The van der Waals surface area contributed by atoms with Crippen LogP contribution < -0.4 is 4.90 Å². The van der Waals surface area contributed by atoms with Crippen molar-refractivity contribution >= 4 is 22.4 Å². The van der Waals surface area contributed by atoms with Crippen LogP contribution in [0.2, 0.25) is 0 Å². The second-order valence-corrected chi connectivity index (χ2v) is 6.76. The molecule has 2 aromatic carbocycles. The van der Waals surface area contributed by atoms with Gasteiger partial charge in [0, 0.05) is 23.9 Å². The van der Waals surface area contributed by atoms with Gasteiger partial charge in [-0.05, 0) is 24.1 Å². The highest BCUT2D eigenvalue weighted by molar-refractivity contribution is 7.14. The Morgan fingerprint density at radius 1 is 1.15 bits per heavy atom.